The van der Waals surface area contributed by atoms with Crippen molar-refractivity contribution in [3.8, 4) is 17.0 Å². The van der Waals surface area contributed by atoms with Crippen LogP contribution < -0.4 is 4.74 Å². The second-order valence-electron chi connectivity index (χ2n) is 11.2. The maximum atomic E-state index is 15.1. The number of hydrogen-bond donors (Lipinski definition) is 0. The molecule has 1 aromatic heterocycles. The van der Waals surface area contributed by atoms with Crippen LogP contribution in [0.15, 0.2) is 36.5 Å². The maximum Gasteiger partial charge on any atom is 0.136 e. The van der Waals surface area contributed by atoms with E-state index in [1.165, 1.54) is 88.7 Å². The van der Waals surface area contributed by atoms with Crippen LogP contribution in [-0.2, 0) is 5.41 Å². The highest BCUT2D eigenvalue weighted by Gasteiger charge is 2.40. The van der Waals surface area contributed by atoms with Crippen molar-refractivity contribution in [1.29, 1.82) is 0 Å². The van der Waals surface area contributed by atoms with E-state index in [1.54, 1.807) is 0 Å². The van der Waals surface area contributed by atoms with Crippen LogP contribution in [0.4, 0.5) is 4.39 Å². The smallest absolute Gasteiger partial charge is 0.136 e. The lowest BCUT2D eigenvalue weighted by Crippen LogP contribution is -2.37. The molecule has 0 radical (unpaired) electrons. The minimum absolute atomic E-state index is 0.0948. The molecule has 200 valence electrons. The van der Waals surface area contributed by atoms with E-state index in [-0.39, 0.29) is 17.3 Å². The summed E-state index contributed by atoms with van der Waals surface area (Å²) < 4.78 is 21.0. The Morgan fingerprint density at radius 3 is 2.28 bits per heavy atom. The van der Waals surface area contributed by atoms with Crippen LogP contribution in [-0.4, -0.2) is 11.1 Å². The Bertz CT molecular complexity index is 887. The Hall–Kier alpha value is -1.90. The fourth-order valence-electron chi connectivity index (χ4n) is 6.39. The number of unbranched alkanes of at least 4 members (excludes halogenated alkanes) is 4. The summed E-state index contributed by atoms with van der Waals surface area (Å²) in [5.74, 6) is 1.06. The van der Waals surface area contributed by atoms with Gasteiger partial charge < -0.3 is 4.74 Å². The van der Waals surface area contributed by atoms with Crippen molar-refractivity contribution in [3.05, 3.63) is 47.9 Å². The molecular weight excluding hydrogens is 445 g/mol. The summed E-state index contributed by atoms with van der Waals surface area (Å²) in [5.41, 5.74) is 2.88. The van der Waals surface area contributed by atoms with Crippen molar-refractivity contribution in [2.24, 2.45) is 5.92 Å². The zero-order chi connectivity index (χ0) is 25.8. The highest BCUT2D eigenvalue weighted by Crippen LogP contribution is 2.48. The van der Waals surface area contributed by atoms with Crippen LogP contribution in [0.1, 0.15) is 130 Å². The van der Waals surface area contributed by atoms with Crippen molar-refractivity contribution in [2.45, 2.75) is 136 Å². The van der Waals surface area contributed by atoms with Gasteiger partial charge in [-0.3, -0.25) is 4.98 Å². The number of aromatic nitrogens is 1. The van der Waals surface area contributed by atoms with E-state index >= 15 is 4.39 Å². The fourth-order valence-corrected chi connectivity index (χ4v) is 6.39. The van der Waals surface area contributed by atoms with E-state index in [4.69, 9.17) is 9.72 Å². The molecule has 2 nitrogen and oxygen atoms in total. The van der Waals surface area contributed by atoms with E-state index in [0.29, 0.717) is 17.0 Å². The monoisotopic (exact) mass is 495 g/mol. The zero-order valence-corrected chi connectivity index (χ0v) is 23.5. The molecule has 0 N–H and O–H groups in total. The Morgan fingerprint density at radius 2 is 1.64 bits per heavy atom. The first-order valence-corrected chi connectivity index (χ1v) is 15.0. The molecule has 36 heavy (non-hydrogen) atoms. The zero-order valence-electron chi connectivity index (χ0n) is 23.5. The quantitative estimate of drug-likeness (QED) is 0.229. The van der Waals surface area contributed by atoms with Gasteiger partial charge in [0.1, 0.15) is 11.6 Å². The number of nitrogens with zero attached hydrogens (tertiary/aromatic N) is 1. The van der Waals surface area contributed by atoms with Crippen molar-refractivity contribution < 1.29 is 9.13 Å². The summed E-state index contributed by atoms with van der Waals surface area (Å²) >= 11 is 0. The van der Waals surface area contributed by atoms with Gasteiger partial charge in [0.25, 0.3) is 0 Å². The second kappa shape index (κ2) is 14.7. The standard InChI is InChI=1S/C33H50FNO/c1-5-8-10-12-17-27(15-7-3)33(22-13-11-14-23-33)28-18-21-32(35-25-28)30-20-19-29(24-31(30)34)36-26(4)16-9-6-2/h18-21,24-27H,5-17,22-23H2,1-4H3/t26-,27?/m0/s1. The number of hydrogen-bond acceptors (Lipinski definition) is 2. The molecule has 1 heterocycles. The molecule has 1 aliphatic rings. The Morgan fingerprint density at radius 1 is 0.861 bits per heavy atom. The molecule has 0 amide bonds. The largest absolute Gasteiger partial charge is 0.491 e. The van der Waals surface area contributed by atoms with Gasteiger partial charge in [0, 0.05) is 17.8 Å². The van der Waals surface area contributed by atoms with Gasteiger partial charge in [-0.25, -0.2) is 4.39 Å². The SMILES string of the molecule is CCCCCCC(CCC)C1(c2ccc(-c3ccc(O[C@@H](C)CCCC)cc3F)nc2)CCCCC1. The predicted molar refractivity (Wildman–Crippen MR) is 151 cm³/mol. The highest BCUT2D eigenvalue weighted by atomic mass is 19.1. The third-order valence-electron chi connectivity index (χ3n) is 8.43. The molecule has 2 atom stereocenters. The fraction of sp³-hybridized carbons (Fsp3) is 0.667. The van der Waals surface area contributed by atoms with Crippen LogP contribution in [0.5, 0.6) is 5.75 Å². The Kier molecular flexibility index (Phi) is 11.7. The highest BCUT2D eigenvalue weighted by molar-refractivity contribution is 5.61. The number of halogens is 1. The third-order valence-corrected chi connectivity index (χ3v) is 8.43. The third kappa shape index (κ3) is 7.56. The summed E-state index contributed by atoms with van der Waals surface area (Å²) in [6, 6.07) is 9.53. The minimum Gasteiger partial charge on any atom is -0.491 e. The molecule has 1 aliphatic carbocycles. The lowest BCUT2D eigenvalue weighted by Gasteiger charge is -2.44. The number of pyridine rings is 1. The molecule has 1 aromatic carbocycles. The summed E-state index contributed by atoms with van der Waals surface area (Å²) in [5, 5.41) is 0. The van der Waals surface area contributed by atoms with Crippen molar-refractivity contribution >= 4 is 0 Å². The van der Waals surface area contributed by atoms with Crippen LogP contribution >= 0.6 is 0 Å². The van der Waals surface area contributed by atoms with E-state index < -0.39 is 0 Å². The number of benzene rings is 1. The molecule has 3 heteroatoms. The molecule has 2 aromatic rings. The predicted octanol–water partition coefficient (Wildman–Crippen LogP) is 10.4. The van der Waals surface area contributed by atoms with E-state index in [9.17, 15) is 0 Å². The average molecular weight is 496 g/mol. The first kappa shape index (κ1) is 28.7. The molecule has 3 rings (SSSR count). The number of ether oxygens (including phenoxy) is 1. The van der Waals surface area contributed by atoms with Crippen molar-refractivity contribution in [1.82, 2.24) is 4.98 Å². The molecule has 0 bridgehead atoms. The molecule has 0 saturated heterocycles. The van der Waals surface area contributed by atoms with E-state index in [2.05, 4.69) is 46.0 Å². The van der Waals surface area contributed by atoms with E-state index in [0.717, 1.165) is 25.2 Å². The van der Waals surface area contributed by atoms with Gasteiger partial charge in [-0.1, -0.05) is 91.0 Å². The Balaban J connectivity index is 1.79. The van der Waals surface area contributed by atoms with Crippen molar-refractivity contribution in [3.63, 3.8) is 0 Å². The lowest BCUT2D eigenvalue weighted by atomic mass is 9.60. The molecular formula is C33H50FNO. The topological polar surface area (TPSA) is 22.1 Å². The first-order chi connectivity index (χ1) is 17.5. The maximum absolute atomic E-state index is 15.1. The van der Waals surface area contributed by atoms with Gasteiger partial charge >= 0.3 is 0 Å². The Labute approximate surface area is 220 Å². The van der Waals surface area contributed by atoms with Crippen LogP contribution in [0, 0.1) is 11.7 Å². The van der Waals surface area contributed by atoms with Crippen LogP contribution in [0.3, 0.4) is 0 Å². The van der Waals surface area contributed by atoms with Gasteiger partial charge in [-0.2, -0.15) is 0 Å². The average Bonchev–Trinajstić information content (AvgIpc) is 2.90. The van der Waals surface area contributed by atoms with E-state index in [1.807, 2.05) is 12.1 Å². The molecule has 1 fully saturated rings. The van der Waals surface area contributed by atoms with Gasteiger partial charge in [-0.15, -0.1) is 0 Å². The summed E-state index contributed by atoms with van der Waals surface area (Å²) in [6.07, 6.45) is 21.1. The summed E-state index contributed by atoms with van der Waals surface area (Å²) in [4.78, 5) is 4.83. The van der Waals surface area contributed by atoms with Gasteiger partial charge in [0.05, 0.1) is 11.8 Å². The second-order valence-corrected chi connectivity index (χ2v) is 11.2. The van der Waals surface area contributed by atoms with Crippen molar-refractivity contribution in [2.75, 3.05) is 0 Å². The van der Waals surface area contributed by atoms with Crippen LogP contribution in [0.25, 0.3) is 11.3 Å². The molecule has 1 saturated carbocycles. The normalized spacial score (nSPS) is 17.0. The molecule has 1 unspecified atom stereocenters. The summed E-state index contributed by atoms with van der Waals surface area (Å²) in [6.45, 7) is 8.85. The minimum atomic E-state index is -0.261. The molecule has 0 spiro atoms. The molecule has 0 aliphatic heterocycles. The first-order valence-electron chi connectivity index (χ1n) is 15.0. The van der Waals surface area contributed by atoms with Gasteiger partial charge in [0.15, 0.2) is 0 Å². The summed E-state index contributed by atoms with van der Waals surface area (Å²) in [7, 11) is 0. The number of rotatable bonds is 15. The van der Waals surface area contributed by atoms with Crippen LogP contribution in [0.2, 0.25) is 0 Å². The van der Waals surface area contributed by atoms with Gasteiger partial charge in [-0.05, 0) is 74.1 Å². The lowest BCUT2D eigenvalue weighted by molar-refractivity contribution is 0.165. The van der Waals surface area contributed by atoms with Gasteiger partial charge in [0.2, 0.25) is 0 Å².